The summed E-state index contributed by atoms with van der Waals surface area (Å²) in [5, 5.41) is 10.6. The summed E-state index contributed by atoms with van der Waals surface area (Å²) in [7, 11) is 3.27. The molecule has 0 amide bonds. The number of aliphatic hydroxyl groups is 1. The first kappa shape index (κ1) is 15.2. The number of hydrogen-bond acceptors (Lipinski definition) is 3. The molecule has 1 aliphatic rings. The van der Waals surface area contributed by atoms with Crippen LogP contribution in [0, 0.1) is 5.41 Å². The van der Waals surface area contributed by atoms with Crippen LogP contribution in [0.2, 0.25) is 0 Å². The number of aliphatic hydroxyl groups excluding tert-OH is 1. The van der Waals surface area contributed by atoms with E-state index in [0.717, 1.165) is 29.9 Å². The zero-order chi connectivity index (χ0) is 14.6. The highest BCUT2D eigenvalue weighted by atomic mass is 16.5. The molecule has 1 N–H and O–H groups in total. The molecule has 2 rings (SSSR count). The summed E-state index contributed by atoms with van der Waals surface area (Å²) in [6, 6.07) is 5.88. The second kappa shape index (κ2) is 6.49. The largest absolute Gasteiger partial charge is 0.493 e. The van der Waals surface area contributed by atoms with Crippen molar-refractivity contribution in [1.29, 1.82) is 0 Å². The van der Waals surface area contributed by atoms with Gasteiger partial charge in [-0.2, -0.15) is 0 Å². The van der Waals surface area contributed by atoms with Gasteiger partial charge in [0.1, 0.15) is 0 Å². The SMILES string of the molecule is COc1ccc(CC(O)C2(C)CCCCC2)cc1OC. The minimum Gasteiger partial charge on any atom is -0.493 e. The molecule has 1 atom stereocenters. The average molecular weight is 278 g/mol. The van der Waals surface area contributed by atoms with E-state index in [1.165, 1.54) is 19.3 Å². The average Bonchev–Trinajstić information content (AvgIpc) is 2.47. The Morgan fingerprint density at radius 3 is 2.35 bits per heavy atom. The Morgan fingerprint density at radius 1 is 1.10 bits per heavy atom. The maximum absolute atomic E-state index is 10.6. The molecule has 1 fully saturated rings. The molecule has 3 nitrogen and oxygen atoms in total. The Morgan fingerprint density at radius 2 is 1.75 bits per heavy atom. The minimum atomic E-state index is -0.291. The first-order valence-electron chi connectivity index (χ1n) is 7.48. The summed E-state index contributed by atoms with van der Waals surface area (Å²) in [6.45, 7) is 2.22. The molecular weight excluding hydrogens is 252 g/mol. The van der Waals surface area contributed by atoms with E-state index >= 15 is 0 Å². The van der Waals surface area contributed by atoms with Gasteiger partial charge in [-0.15, -0.1) is 0 Å². The van der Waals surface area contributed by atoms with E-state index in [2.05, 4.69) is 6.92 Å². The predicted molar refractivity (Wildman–Crippen MR) is 80.4 cm³/mol. The van der Waals surface area contributed by atoms with Crippen molar-refractivity contribution < 1.29 is 14.6 Å². The number of ether oxygens (including phenoxy) is 2. The molecule has 20 heavy (non-hydrogen) atoms. The second-order valence-corrected chi connectivity index (χ2v) is 6.12. The van der Waals surface area contributed by atoms with Gasteiger partial charge in [-0.25, -0.2) is 0 Å². The van der Waals surface area contributed by atoms with E-state index in [4.69, 9.17) is 9.47 Å². The Balaban J connectivity index is 2.09. The minimum absolute atomic E-state index is 0.0609. The number of hydrogen-bond donors (Lipinski definition) is 1. The van der Waals surface area contributed by atoms with Crippen LogP contribution in [-0.4, -0.2) is 25.4 Å². The third-order valence-electron chi connectivity index (χ3n) is 4.68. The maximum atomic E-state index is 10.6. The van der Waals surface area contributed by atoms with E-state index in [-0.39, 0.29) is 11.5 Å². The van der Waals surface area contributed by atoms with Gasteiger partial charge in [-0.05, 0) is 42.4 Å². The molecule has 1 saturated carbocycles. The van der Waals surface area contributed by atoms with Crippen LogP contribution >= 0.6 is 0 Å². The smallest absolute Gasteiger partial charge is 0.160 e. The lowest BCUT2D eigenvalue weighted by atomic mass is 9.70. The zero-order valence-electron chi connectivity index (χ0n) is 12.8. The van der Waals surface area contributed by atoms with E-state index in [9.17, 15) is 5.11 Å². The summed E-state index contributed by atoms with van der Waals surface area (Å²) in [5.74, 6) is 1.46. The Bertz CT molecular complexity index is 436. The molecule has 1 aromatic carbocycles. The summed E-state index contributed by atoms with van der Waals surface area (Å²) in [5.41, 5.74) is 1.16. The predicted octanol–water partition coefficient (Wildman–Crippen LogP) is 3.58. The first-order valence-corrected chi connectivity index (χ1v) is 7.48. The Labute approximate surface area is 121 Å². The van der Waals surface area contributed by atoms with Crippen molar-refractivity contribution in [2.45, 2.75) is 51.6 Å². The van der Waals surface area contributed by atoms with Crippen LogP contribution in [0.1, 0.15) is 44.6 Å². The highest BCUT2D eigenvalue weighted by Gasteiger charge is 2.34. The molecule has 0 saturated heterocycles. The summed E-state index contributed by atoms with van der Waals surface area (Å²) in [6.07, 6.45) is 6.41. The second-order valence-electron chi connectivity index (χ2n) is 6.12. The number of rotatable bonds is 5. The van der Waals surface area contributed by atoms with Crippen molar-refractivity contribution in [2.75, 3.05) is 14.2 Å². The van der Waals surface area contributed by atoms with Crippen LogP contribution in [-0.2, 0) is 6.42 Å². The van der Waals surface area contributed by atoms with Gasteiger partial charge < -0.3 is 14.6 Å². The monoisotopic (exact) mass is 278 g/mol. The van der Waals surface area contributed by atoms with Gasteiger partial charge in [-0.1, -0.05) is 32.3 Å². The topological polar surface area (TPSA) is 38.7 Å². The van der Waals surface area contributed by atoms with Crippen LogP contribution in [0.4, 0.5) is 0 Å². The first-order chi connectivity index (χ1) is 9.59. The van der Waals surface area contributed by atoms with Gasteiger partial charge in [0.2, 0.25) is 0 Å². The van der Waals surface area contributed by atoms with Crippen LogP contribution < -0.4 is 9.47 Å². The molecule has 0 spiro atoms. The lowest BCUT2D eigenvalue weighted by Gasteiger charge is -2.38. The highest BCUT2D eigenvalue weighted by Crippen LogP contribution is 2.40. The summed E-state index contributed by atoms with van der Waals surface area (Å²) in [4.78, 5) is 0. The van der Waals surface area contributed by atoms with Gasteiger partial charge in [0.15, 0.2) is 11.5 Å². The lowest BCUT2D eigenvalue weighted by Crippen LogP contribution is -2.35. The molecule has 1 aromatic rings. The van der Waals surface area contributed by atoms with Crippen molar-refractivity contribution >= 4 is 0 Å². The van der Waals surface area contributed by atoms with Crippen LogP contribution in [0.15, 0.2) is 18.2 Å². The van der Waals surface area contributed by atoms with Crippen LogP contribution in [0.25, 0.3) is 0 Å². The number of methoxy groups -OCH3 is 2. The van der Waals surface area contributed by atoms with E-state index < -0.39 is 0 Å². The molecule has 0 aromatic heterocycles. The standard InChI is InChI=1S/C17H26O3/c1-17(9-5-4-6-10-17)16(18)12-13-7-8-14(19-2)15(11-13)20-3/h7-8,11,16,18H,4-6,9-10,12H2,1-3H3. The quantitative estimate of drug-likeness (QED) is 0.894. The molecule has 1 unspecified atom stereocenters. The molecule has 1 aliphatic carbocycles. The van der Waals surface area contributed by atoms with Crippen molar-refractivity contribution in [3.8, 4) is 11.5 Å². The molecule has 0 radical (unpaired) electrons. The van der Waals surface area contributed by atoms with Crippen LogP contribution in [0.5, 0.6) is 11.5 Å². The zero-order valence-corrected chi connectivity index (χ0v) is 12.8. The van der Waals surface area contributed by atoms with Crippen LogP contribution in [0.3, 0.4) is 0 Å². The fourth-order valence-electron chi connectivity index (χ4n) is 3.17. The fraction of sp³-hybridized carbons (Fsp3) is 0.647. The van der Waals surface area contributed by atoms with Crippen molar-refractivity contribution in [3.05, 3.63) is 23.8 Å². The van der Waals surface area contributed by atoms with Crippen molar-refractivity contribution in [1.82, 2.24) is 0 Å². The molecule has 0 bridgehead atoms. The Kier molecular flexibility index (Phi) is 4.92. The lowest BCUT2D eigenvalue weighted by molar-refractivity contribution is 0.0104. The normalized spacial score (nSPS) is 19.4. The van der Waals surface area contributed by atoms with Gasteiger partial charge in [-0.3, -0.25) is 0 Å². The van der Waals surface area contributed by atoms with Gasteiger partial charge in [0.05, 0.1) is 20.3 Å². The summed E-state index contributed by atoms with van der Waals surface area (Å²) < 4.78 is 10.6. The van der Waals surface area contributed by atoms with Crippen molar-refractivity contribution in [3.63, 3.8) is 0 Å². The van der Waals surface area contributed by atoms with E-state index in [1.54, 1.807) is 14.2 Å². The third-order valence-corrected chi connectivity index (χ3v) is 4.68. The highest BCUT2D eigenvalue weighted by molar-refractivity contribution is 5.43. The maximum Gasteiger partial charge on any atom is 0.160 e. The molecule has 0 heterocycles. The van der Waals surface area contributed by atoms with Crippen molar-refractivity contribution in [2.24, 2.45) is 5.41 Å². The molecular formula is C17H26O3. The van der Waals surface area contributed by atoms with Gasteiger partial charge in [0, 0.05) is 0 Å². The van der Waals surface area contributed by atoms with E-state index in [0.29, 0.717) is 6.42 Å². The van der Waals surface area contributed by atoms with E-state index in [1.807, 2.05) is 18.2 Å². The fourth-order valence-corrected chi connectivity index (χ4v) is 3.17. The van der Waals surface area contributed by atoms with Gasteiger partial charge in [0.25, 0.3) is 0 Å². The molecule has 0 aliphatic heterocycles. The third kappa shape index (κ3) is 3.26. The Hall–Kier alpha value is -1.22. The summed E-state index contributed by atoms with van der Waals surface area (Å²) >= 11 is 0. The van der Waals surface area contributed by atoms with Gasteiger partial charge >= 0.3 is 0 Å². The number of benzene rings is 1. The molecule has 3 heteroatoms. The molecule has 112 valence electrons.